The lowest BCUT2D eigenvalue weighted by atomic mass is 9.83. The van der Waals surface area contributed by atoms with Crippen LogP contribution in [0.15, 0.2) is 34.9 Å². The average molecular weight is 272 g/mol. The van der Waals surface area contributed by atoms with E-state index in [4.69, 9.17) is 4.42 Å². The van der Waals surface area contributed by atoms with Crippen LogP contribution in [0.1, 0.15) is 54.9 Å². The SMILES string of the molecule is Cc1cc(C(C)(C)C)cc(C)c1CC(O)c1ccco1. The number of benzene rings is 1. The molecule has 0 aliphatic heterocycles. The van der Waals surface area contributed by atoms with Crippen LogP contribution in [0.2, 0.25) is 0 Å². The molecule has 2 aromatic rings. The van der Waals surface area contributed by atoms with E-state index in [0.29, 0.717) is 12.2 Å². The maximum atomic E-state index is 10.2. The summed E-state index contributed by atoms with van der Waals surface area (Å²) >= 11 is 0. The smallest absolute Gasteiger partial charge is 0.132 e. The first-order valence-electron chi connectivity index (χ1n) is 7.11. The summed E-state index contributed by atoms with van der Waals surface area (Å²) in [6.07, 6.45) is 1.61. The van der Waals surface area contributed by atoms with Crippen molar-refractivity contribution >= 4 is 0 Å². The molecule has 2 rings (SSSR count). The van der Waals surface area contributed by atoms with Gasteiger partial charge in [-0.3, -0.25) is 0 Å². The van der Waals surface area contributed by atoms with E-state index >= 15 is 0 Å². The van der Waals surface area contributed by atoms with E-state index in [1.807, 2.05) is 6.07 Å². The summed E-state index contributed by atoms with van der Waals surface area (Å²) in [6.45, 7) is 10.9. The van der Waals surface area contributed by atoms with Gasteiger partial charge >= 0.3 is 0 Å². The van der Waals surface area contributed by atoms with Crippen molar-refractivity contribution in [1.29, 1.82) is 0 Å². The molecule has 2 nitrogen and oxygen atoms in total. The molecule has 0 radical (unpaired) electrons. The van der Waals surface area contributed by atoms with Crippen LogP contribution in [0.4, 0.5) is 0 Å². The number of hydrogen-bond acceptors (Lipinski definition) is 2. The van der Waals surface area contributed by atoms with Gasteiger partial charge in [0.2, 0.25) is 0 Å². The highest BCUT2D eigenvalue weighted by Crippen LogP contribution is 2.29. The lowest BCUT2D eigenvalue weighted by molar-refractivity contribution is 0.150. The molecular weight excluding hydrogens is 248 g/mol. The van der Waals surface area contributed by atoms with Crippen LogP contribution in [0.25, 0.3) is 0 Å². The Bertz CT molecular complexity index is 551. The molecule has 1 atom stereocenters. The van der Waals surface area contributed by atoms with Crippen LogP contribution in [0.5, 0.6) is 0 Å². The van der Waals surface area contributed by atoms with E-state index in [2.05, 4.69) is 46.8 Å². The molecule has 1 unspecified atom stereocenters. The Kier molecular flexibility index (Phi) is 4.05. The molecule has 1 aromatic heterocycles. The molecule has 0 aliphatic carbocycles. The van der Waals surface area contributed by atoms with Crippen molar-refractivity contribution in [1.82, 2.24) is 0 Å². The predicted molar refractivity (Wildman–Crippen MR) is 82.0 cm³/mol. The molecule has 0 saturated carbocycles. The summed E-state index contributed by atoms with van der Waals surface area (Å²) < 4.78 is 5.28. The molecule has 2 heteroatoms. The van der Waals surface area contributed by atoms with Crippen LogP contribution < -0.4 is 0 Å². The molecule has 1 aromatic carbocycles. The van der Waals surface area contributed by atoms with Gasteiger partial charge in [-0.1, -0.05) is 32.9 Å². The zero-order valence-corrected chi connectivity index (χ0v) is 13.0. The molecule has 0 saturated heterocycles. The highest BCUT2D eigenvalue weighted by molar-refractivity contribution is 5.41. The Labute approximate surface area is 121 Å². The van der Waals surface area contributed by atoms with Crippen molar-refractivity contribution in [3.63, 3.8) is 0 Å². The molecule has 1 N–H and O–H groups in total. The van der Waals surface area contributed by atoms with Crippen LogP contribution in [0, 0.1) is 13.8 Å². The van der Waals surface area contributed by atoms with E-state index in [0.717, 1.165) is 0 Å². The standard InChI is InChI=1S/C18H24O2/c1-12-9-14(18(3,4)5)10-13(2)15(12)11-16(19)17-7-6-8-20-17/h6-10,16,19H,11H2,1-5H3. The Morgan fingerprint density at radius 1 is 1.15 bits per heavy atom. The fourth-order valence-electron chi connectivity index (χ4n) is 2.52. The highest BCUT2D eigenvalue weighted by atomic mass is 16.4. The van der Waals surface area contributed by atoms with Crippen LogP contribution in [0.3, 0.4) is 0 Å². The number of rotatable bonds is 3. The first-order chi connectivity index (χ1) is 9.29. The summed E-state index contributed by atoms with van der Waals surface area (Å²) in [4.78, 5) is 0. The van der Waals surface area contributed by atoms with Gasteiger partial charge in [-0.2, -0.15) is 0 Å². The topological polar surface area (TPSA) is 33.4 Å². The first kappa shape index (κ1) is 14.9. The number of aliphatic hydroxyl groups excluding tert-OH is 1. The lowest BCUT2D eigenvalue weighted by Crippen LogP contribution is -2.13. The molecule has 108 valence electrons. The van der Waals surface area contributed by atoms with Gasteiger partial charge in [0.25, 0.3) is 0 Å². The van der Waals surface area contributed by atoms with Gasteiger partial charge in [-0.25, -0.2) is 0 Å². The Morgan fingerprint density at radius 3 is 2.20 bits per heavy atom. The van der Waals surface area contributed by atoms with Gasteiger partial charge < -0.3 is 9.52 Å². The molecule has 0 aliphatic rings. The van der Waals surface area contributed by atoms with Crippen LogP contribution in [-0.2, 0) is 11.8 Å². The summed E-state index contributed by atoms with van der Waals surface area (Å²) in [5, 5.41) is 10.2. The second-order valence-electron chi connectivity index (χ2n) is 6.57. The van der Waals surface area contributed by atoms with Crippen LogP contribution in [-0.4, -0.2) is 5.11 Å². The predicted octanol–water partition coefficient (Wildman–Crippen LogP) is 4.47. The highest BCUT2D eigenvalue weighted by Gasteiger charge is 2.18. The van der Waals surface area contributed by atoms with Gasteiger partial charge in [0, 0.05) is 6.42 Å². The van der Waals surface area contributed by atoms with Gasteiger partial charge in [0.05, 0.1) is 6.26 Å². The second-order valence-corrected chi connectivity index (χ2v) is 6.57. The molecule has 0 spiro atoms. The summed E-state index contributed by atoms with van der Waals surface area (Å²) in [6, 6.07) is 8.09. The number of furan rings is 1. The third-order valence-corrected chi connectivity index (χ3v) is 3.83. The third-order valence-electron chi connectivity index (χ3n) is 3.83. The fourth-order valence-corrected chi connectivity index (χ4v) is 2.52. The van der Waals surface area contributed by atoms with Crippen molar-refractivity contribution in [2.75, 3.05) is 0 Å². The molecule has 1 heterocycles. The van der Waals surface area contributed by atoms with Gasteiger partial charge in [0.15, 0.2) is 0 Å². The zero-order chi connectivity index (χ0) is 14.9. The first-order valence-corrected chi connectivity index (χ1v) is 7.11. The van der Waals surface area contributed by atoms with Gasteiger partial charge in [-0.15, -0.1) is 0 Å². The minimum atomic E-state index is -0.581. The van der Waals surface area contributed by atoms with E-state index < -0.39 is 6.10 Å². The summed E-state index contributed by atoms with van der Waals surface area (Å²) in [5.74, 6) is 0.628. The van der Waals surface area contributed by atoms with Crippen molar-refractivity contribution in [3.8, 4) is 0 Å². The van der Waals surface area contributed by atoms with Crippen molar-refractivity contribution in [3.05, 3.63) is 58.5 Å². The monoisotopic (exact) mass is 272 g/mol. The van der Waals surface area contributed by atoms with Gasteiger partial charge in [0.1, 0.15) is 11.9 Å². The molecule has 0 fully saturated rings. The minimum absolute atomic E-state index is 0.147. The van der Waals surface area contributed by atoms with Crippen molar-refractivity contribution < 1.29 is 9.52 Å². The maximum Gasteiger partial charge on any atom is 0.132 e. The molecule has 0 amide bonds. The van der Waals surface area contributed by atoms with E-state index in [9.17, 15) is 5.11 Å². The van der Waals surface area contributed by atoms with Crippen molar-refractivity contribution in [2.45, 2.75) is 52.6 Å². The van der Waals surface area contributed by atoms with Gasteiger partial charge in [-0.05, 0) is 53.6 Å². The maximum absolute atomic E-state index is 10.2. The third kappa shape index (κ3) is 3.13. The molecular formula is C18H24O2. The quantitative estimate of drug-likeness (QED) is 0.894. The minimum Gasteiger partial charge on any atom is -0.467 e. The number of hydrogen-bond donors (Lipinski definition) is 1. The normalized spacial score (nSPS) is 13.5. The fraction of sp³-hybridized carbons (Fsp3) is 0.444. The summed E-state index contributed by atoms with van der Waals surface area (Å²) in [5.41, 5.74) is 5.17. The average Bonchev–Trinajstić information content (AvgIpc) is 2.85. The molecule has 20 heavy (non-hydrogen) atoms. The Balaban J connectivity index is 2.29. The number of aliphatic hydroxyl groups is 1. The second kappa shape index (κ2) is 5.45. The van der Waals surface area contributed by atoms with E-state index in [1.54, 1.807) is 12.3 Å². The van der Waals surface area contributed by atoms with Crippen LogP contribution >= 0.6 is 0 Å². The Hall–Kier alpha value is -1.54. The zero-order valence-electron chi connectivity index (χ0n) is 13.0. The van der Waals surface area contributed by atoms with Crippen molar-refractivity contribution in [2.24, 2.45) is 0 Å². The molecule has 0 bridgehead atoms. The Morgan fingerprint density at radius 2 is 1.75 bits per heavy atom. The lowest BCUT2D eigenvalue weighted by Gasteiger charge is -2.23. The van der Waals surface area contributed by atoms with E-state index in [1.165, 1.54) is 22.3 Å². The largest absolute Gasteiger partial charge is 0.467 e. The summed E-state index contributed by atoms with van der Waals surface area (Å²) in [7, 11) is 0. The number of aryl methyl sites for hydroxylation is 2. The van der Waals surface area contributed by atoms with E-state index in [-0.39, 0.29) is 5.41 Å².